The van der Waals surface area contributed by atoms with Crippen molar-refractivity contribution in [3.8, 4) is 0 Å². The minimum atomic E-state index is -1.01. The maximum Gasteiger partial charge on any atom is 0.326 e. The molecule has 3 rings (SSSR count). The molecule has 1 aliphatic heterocycles. The van der Waals surface area contributed by atoms with Crippen molar-refractivity contribution in [2.24, 2.45) is 0 Å². The number of aliphatic carboxylic acids is 1. The molecule has 25 heavy (non-hydrogen) atoms. The van der Waals surface area contributed by atoms with Crippen LogP contribution in [0, 0.1) is 0 Å². The fourth-order valence-corrected chi connectivity index (χ4v) is 3.16. The summed E-state index contributed by atoms with van der Waals surface area (Å²) in [7, 11) is 0. The number of carboxylic acids is 1. The van der Waals surface area contributed by atoms with Crippen LogP contribution in [-0.2, 0) is 9.59 Å². The molecule has 1 aliphatic rings. The molecule has 0 spiro atoms. The number of fused-ring (bicyclic) bond motifs is 1. The SMILES string of the molecule is CC(NC(=O)c1n[nH]c2ccccc12)C(=O)N1CCCCC1C(=O)O. The van der Waals surface area contributed by atoms with E-state index >= 15 is 0 Å². The summed E-state index contributed by atoms with van der Waals surface area (Å²) >= 11 is 0. The van der Waals surface area contributed by atoms with E-state index in [1.54, 1.807) is 25.1 Å². The summed E-state index contributed by atoms with van der Waals surface area (Å²) in [4.78, 5) is 37.8. The Morgan fingerprint density at radius 1 is 1.32 bits per heavy atom. The van der Waals surface area contributed by atoms with Crippen LogP contribution in [0.4, 0.5) is 0 Å². The molecule has 1 fully saturated rings. The summed E-state index contributed by atoms with van der Waals surface area (Å²) in [5, 5.41) is 19.4. The third-order valence-electron chi connectivity index (χ3n) is 4.47. The zero-order valence-corrected chi connectivity index (χ0v) is 13.9. The lowest BCUT2D eigenvalue weighted by molar-refractivity contribution is -0.152. The first-order valence-electron chi connectivity index (χ1n) is 8.26. The second-order valence-electron chi connectivity index (χ2n) is 6.19. The van der Waals surface area contributed by atoms with Crippen molar-refractivity contribution in [2.75, 3.05) is 6.54 Å². The fraction of sp³-hybridized carbons (Fsp3) is 0.412. The Bertz CT molecular complexity index is 816. The first kappa shape index (κ1) is 16.9. The predicted molar refractivity (Wildman–Crippen MR) is 90.0 cm³/mol. The van der Waals surface area contributed by atoms with Crippen LogP contribution in [0.5, 0.6) is 0 Å². The first-order valence-corrected chi connectivity index (χ1v) is 8.26. The van der Waals surface area contributed by atoms with Crippen LogP contribution in [0.25, 0.3) is 10.9 Å². The number of carboxylic acid groups (broad SMARTS) is 1. The molecule has 1 aromatic heterocycles. The number of rotatable bonds is 4. The third-order valence-corrected chi connectivity index (χ3v) is 4.47. The molecule has 8 nitrogen and oxygen atoms in total. The van der Waals surface area contributed by atoms with Crippen LogP contribution >= 0.6 is 0 Å². The summed E-state index contributed by atoms with van der Waals surface area (Å²) < 4.78 is 0. The van der Waals surface area contributed by atoms with E-state index in [-0.39, 0.29) is 11.6 Å². The highest BCUT2D eigenvalue weighted by Gasteiger charge is 2.34. The smallest absolute Gasteiger partial charge is 0.326 e. The van der Waals surface area contributed by atoms with Gasteiger partial charge in [0, 0.05) is 11.9 Å². The van der Waals surface area contributed by atoms with Crippen LogP contribution in [0.2, 0.25) is 0 Å². The summed E-state index contributed by atoms with van der Waals surface area (Å²) in [5.41, 5.74) is 0.942. The first-order chi connectivity index (χ1) is 12.0. The maximum absolute atomic E-state index is 12.6. The predicted octanol–water partition coefficient (Wildman–Crippen LogP) is 1.15. The Morgan fingerprint density at radius 2 is 2.08 bits per heavy atom. The van der Waals surface area contributed by atoms with Crippen LogP contribution in [0.15, 0.2) is 24.3 Å². The fourth-order valence-electron chi connectivity index (χ4n) is 3.16. The Balaban J connectivity index is 1.72. The number of hydrogen-bond acceptors (Lipinski definition) is 4. The average Bonchev–Trinajstić information content (AvgIpc) is 3.05. The highest BCUT2D eigenvalue weighted by atomic mass is 16.4. The highest BCUT2D eigenvalue weighted by Crippen LogP contribution is 2.19. The zero-order chi connectivity index (χ0) is 18.0. The zero-order valence-electron chi connectivity index (χ0n) is 13.9. The number of benzene rings is 1. The van der Waals surface area contributed by atoms with Crippen LogP contribution in [0.1, 0.15) is 36.7 Å². The average molecular weight is 344 g/mol. The van der Waals surface area contributed by atoms with Crippen molar-refractivity contribution in [2.45, 2.75) is 38.3 Å². The topological polar surface area (TPSA) is 115 Å². The van der Waals surface area contributed by atoms with Crippen molar-refractivity contribution in [1.82, 2.24) is 20.4 Å². The number of likely N-dealkylation sites (tertiary alicyclic amines) is 1. The van der Waals surface area contributed by atoms with Gasteiger partial charge >= 0.3 is 5.97 Å². The summed E-state index contributed by atoms with van der Waals surface area (Å²) in [6, 6.07) is 5.55. The lowest BCUT2D eigenvalue weighted by Gasteiger charge is -2.34. The lowest BCUT2D eigenvalue weighted by atomic mass is 10.0. The van der Waals surface area contributed by atoms with E-state index in [1.165, 1.54) is 4.90 Å². The number of carbonyl (C=O) groups excluding carboxylic acids is 2. The Labute approximate surface area is 144 Å². The molecule has 8 heteroatoms. The van der Waals surface area contributed by atoms with Gasteiger partial charge in [-0.2, -0.15) is 5.10 Å². The van der Waals surface area contributed by atoms with Crippen molar-refractivity contribution in [1.29, 1.82) is 0 Å². The number of amides is 2. The van der Waals surface area contributed by atoms with E-state index in [4.69, 9.17) is 0 Å². The highest BCUT2D eigenvalue weighted by molar-refractivity contribution is 6.06. The second kappa shape index (κ2) is 6.92. The van der Waals surface area contributed by atoms with Crippen LogP contribution < -0.4 is 5.32 Å². The van der Waals surface area contributed by atoms with Crippen molar-refractivity contribution in [3.05, 3.63) is 30.0 Å². The number of nitrogens with zero attached hydrogens (tertiary/aromatic N) is 2. The van der Waals surface area contributed by atoms with Gasteiger partial charge in [-0.15, -0.1) is 0 Å². The van der Waals surface area contributed by atoms with Gasteiger partial charge in [-0.1, -0.05) is 18.2 Å². The molecule has 0 saturated carbocycles. The number of hydrogen-bond donors (Lipinski definition) is 3. The minimum absolute atomic E-state index is 0.212. The summed E-state index contributed by atoms with van der Waals surface area (Å²) in [5.74, 6) is -1.87. The van der Waals surface area contributed by atoms with E-state index in [0.717, 1.165) is 18.4 Å². The third kappa shape index (κ3) is 3.33. The molecular weight excluding hydrogens is 324 g/mol. The Morgan fingerprint density at radius 3 is 2.84 bits per heavy atom. The van der Waals surface area contributed by atoms with Crippen LogP contribution in [-0.4, -0.2) is 56.6 Å². The normalized spacial score (nSPS) is 18.8. The maximum atomic E-state index is 12.6. The van der Waals surface area contributed by atoms with E-state index in [0.29, 0.717) is 18.4 Å². The molecular formula is C17H20N4O4. The molecule has 0 radical (unpaired) electrons. The molecule has 2 aromatic rings. The Kier molecular flexibility index (Phi) is 4.69. The molecule has 2 atom stereocenters. The van der Waals surface area contributed by atoms with E-state index in [2.05, 4.69) is 15.5 Å². The van der Waals surface area contributed by atoms with Crippen molar-refractivity contribution < 1.29 is 19.5 Å². The standard InChI is InChI=1S/C17H20N4O4/c1-10(16(23)21-9-5-4-8-13(21)17(24)25)18-15(22)14-11-6-2-3-7-12(11)19-20-14/h2-3,6-7,10,13H,4-5,8-9H2,1H3,(H,18,22)(H,19,20)(H,24,25). The molecule has 132 valence electrons. The number of aromatic amines is 1. The van der Waals surface area contributed by atoms with Gasteiger partial charge in [-0.3, -0.25) is 14.7 Å². The molecule has 2 amide bonds. The van der Waals surface area contributed by atoms with E-state index < -0.39 is 24.0 Å². The van der Waals surface area contributed by atoms with Gasteiger partial charge in [0.25, 0.3) is 5.91 Å². The number of H-pyrrole nitrogens is 1. The largest absolute Gasteiger partial charge is 0.480 e. The minimum Gasteiger partial charge on any atom is -0.480 e. The van der Waals surface area contributed by atoms with Gasteiger partial charge in [0.15, 0.2) is 5.69 Å². The monoisotopic (exact) mass is 344 g/mol. The number of piperidine rings is 1. The van der Waals surface area contributed by atoms with Crippen LogP contribution in [0.3, 0.4) is 0 Å². The Hall–Kier alpha value is -2.90. The van der Waals surface area contributed by atoms with Gasteiger partial charge in [0.05, 0.1) is 5.52 Å². The number of nitrogens with one attached hydrogen (secondary N) is 2. The quantitative estimate of drug-likeness (QED) is 0.769. The second-order valence-corrected chi connectivity index (χ2v) is 6.19. The molecule has 2 heterocycles. The molecule has 0 bridgehead atoms. The molecule has 0 aliphatic carbocycles. The number of carbonyl (C=O) groups is 3. The lowest BCUT2D eigenvalue weighted by Crippen LogP contribution is -2.54. The molecule has 3 N–H and O–H groups in total. The van der Waals surface area contributed by atoms with Crippen molar-refractivity contribution >= 4 is 28.7 Å². The number of para-hydroxylation sites is 1. The summed E-state index contributed by atoms with van der Waals surface area (Å²) in [6.45, 7) is 1.95. The molecule has 1 aromatic carbocycles. The summed E-state index contributed by atoms with van der Waals surface area (Å²) in [6.07, 6.45) is 1.98. The van der Waals surface area contributed by atoms with Gasteiger partial charge in [-0.25, -0.2) is 4.79 Å². The van der Waals surface area contributed by atoms with Gasteiger partial charge in [0.1, 0.15) is 12.1 Å². The van der Waals surface area contributed by atoms with Crippen molar-refractivity contribution in [3.63, 3.8) is 0 Å². The van der Waals surface area contributed by atoms with Gasteiger partial charge in [-0.05, 0) is 32.3 Å². The van der Waals surface area contributed by atoms with Gasteiger partial charge in [0.2, 0.25) is 5.91 Å². The van der Waals surface area contributed by atoms with E-state index in [9.17, 15) is 19.5 Å². The molecule has 2 unspecified atom stereocenters. The number of aromatic nitrogens is 2. The molecule has 1 saturated heterocycles. The van der Waals surface area contributed by atoms with Gasteiger partial charge < -0.3 is 15.3 Å². The van der Waals surface area contributed by atoms with E-state index in [1.807, 2.05) is 6.07 Å².